The van der Waals surface area contributed by atoms with Crippen molar-refractivity contribution < 1.29 is 0 Å². The lowest BCUT2D eigenvalue weighted by Crippen LogP contribution is -2.50. The number of piperidine rings is 1. The minimum atomic E-state index is 0.732. The van der Waals surface area contributed by atoms with Gasteiger partial charge in [0, 0.05) is 18.6 Å². The van der Waals surface area contributed by atoms with Crippen LogP contribution < -0.4 is 5.32 Å². The van der Waals surface area contributed by atoms with E-state index in [9.17, 15) is 0 Å². The largest absolute Gasteiger partial charge is 0.315 e. The van der Waals surface area contributed by atoms with E-state index in [-0.39, 0.29) is 0 Å². The molecule has 3 unspecified atom stereocenters. The van der Waals surface area contributed by atoms with Gasteiger partial charge in [-0.15, -0.1) is 0 Å². The fourth-order valence-corrected chi connectivity index (χ4v) is 4.14. The van der Waals surface area contributed by atoms with Crippen LogP contribution in [-0.2, 0) is 0 Å². The van der Waals surface area contributed by atoms with Gasteiger partial charge in [-0.05, 0) is 50.8 Å². The summed E-state index contributed by atoms with van der Waals surface area (Å²) >= 11 is 0. The smallest absolute Gasteiger partial charge is 0.0221 e. The number of likely N-dealkylation sites (N-methyl/N-ethyl adjacent to an activating group) is 1. The Morgan fingerprint density at radius 1 is 1.00 bits per heavy atom. The molecule has 1 saturated heterocycles. The molecule has 2 fully saturated rings. The van der Waals surface area contributed by atoms with E-state index in [1.807, 2.05) is 0 Å². The summed E-state index contributed by atoms with van der Waals surface area (Å²) in [5, 5.41) is 3.57. The summed E-state index contributed by atoms with van der Waals surface area (Å²) in [6.07, 6.45) is 8.22. The van der Waals surface area contributed by atoms with Crippen LogP contribution in [0.2, 0.25) is 0 Å². The van der Waals surface area contributed by atoms with Gasteiger partial charge in [0.05, 0.1) is 0 Å². The Labute approximate surface area is 123 Å². The quantitative estimate of drug-likeness (QED) is 0.907. The first kappa shape index (κ1) is 14.1. The summed E-state index contributed by atoms with van der Waals surface area (Å²) in [6.45, 7) is 2.38. The third-order valence-electron chi connectivity index (χ3n) is 5.33. The highest BCUT2D eigenvalue weighted by Gasteiger charge is 2.32. The molecule has 1 heterocycles. The molecule has 0 aromatic heterocycles. The zero-order valence-corrected chi connectivity index (χ0v) is 12.7. The first-order valence-corrected chi connectivity index (χ1v) is 8.34. The molecule has 2 heteroatoms. The van der Waals surface area contributed by atoms with Gasteiger partial charge in [-0.1, -0.05) is 43.2 Å². The minimum Gasteiger partial charge on any atom is -0.315 e. The predicted molar refractivity (Wildman–Crippen MR) is 85.1 cm³/mol. The van der Waals surface area contributed by atoms with Crippen molar-refractivity contribution in [2.45, 2.75) is 56.5 Å². The molecule has 1 aromatic carbocycles. The SMILES string of the molecule is CN(C1CCCNC1)C1CCCCC1c1ccccc1. The molecule has 1 aliphatic carbocycles. The maximum Gasteiger partial charge on any atom is 0.0221 e. The van der Waals surface area contributed by atoms with Crippen LogP contribution in [0.3, 0.4) is 0 Å². The van der Waals surface area contributed by atoms with Crippen molar-refractivity contribution >= 4 is 0 Å². The van der Waals surface area contributed by atoms with Crippen molar-refractivity contribution in [2.24, 2.45) is 0 Å². The summed E-state index contributed by atoms with van der Waals surface area (Å²) in [4.78, 5) is 2.70. The molecule has 2 nitrogen and oxygen atoms in total. The van der Waals surface area contributed by atoms with E-state index in [2.05, 4.69) is 47.6 Å². The molecule has 1 aliphatic heterocycles. The van der Waals surface area contributed by atoms with E-state index in [0.29, 0.717) is 0 Å². The number of nitrogens with zero attached hydrogens (tertiary/aromatic N) is 1. The van der Waals surface area contributed by atoms with Crippen molar-refractivity contribution in [3.05, 3.63) is 35.9 Å². The first-order chi connectivity index (χ1) is 9.86. The van der Waals surface area contributed by atoms with E-state index < -0.39 is 0 Å². The van der Waals surface area contributed by atoms with Crippen LogP contribution in [-0.4, -0.2) is 37.1 Å². The highest BCUT2D eigenvalue weighted by Crippen LogP contribution is 2.36. The van der Waals surface area contributed by atoms with E-state index in [1.54, 1.807) is 5.56 Å². The van der Waals surface area contributed by atoms with Gasteiger partial charge in [-0.25, -0.2) is 0 Å². The van der Waals surface area contributed by atoms with Gasteiger partial charge < -0.3 is 5.32 Å². The van der Waals surface area contributed by atoms with Crippen molar-refractivity contribution in [3.8, 4) is 0 Å². The van der Waals surface area contributed by atoms with E-state index >= 15 is 0 Å². The summed E-state index contributed by atoms with van der Waals surface area (Å²) in [6, 6.07) is 12.7. The van der Waals surface area contributed by atoms with Gasteiger partial charge in [-0.3, -0.25) is 4.90 Å². The number of nitrogens with one attached hydrogen (secondary N) is 1. The van der Waals surface area contributed by atoms with Crippen LogP contribution in [0.1, 0.15) is 50.0 Å². The molecule has 0 amide bonds. The normalized spacial score (nSPS) is 31.4. The standard InChI is InChI=1S/C18H28N2/c1-20(16-10-7-13-19-14-16)18-12-6-5-11-17(18)15-8-3-2-4-9-15/h2-4,8-9,16-19H,5-7,10-14H2,1H3. The molecular formula is C18H28N2. The van der Waals surface area contributed by atoms with Gasteiger partial charge in [0.25, 0.3) is 0 Å². The predicted octanol–water partition coefficient (Wildman–Crippen LogP) is 3.40. The second-order valence-corrected chi connectivity index (χ2v) is 6.53. The lowest BCUT2D eigenvalue weighted by Gasteiger charge is -2.43. The highest BCUT2D eigenvalue weighted by atomic mass is 15.2. The Morgan fingerprint density at radius 2 is 1.80 bits per heavy atom. The maximum atomic E-state index is 3.57. The molecule has 3 atom stereocenters. The second-order valence-electron chi connectivity index (χ2n) is 6.53. The molecule has 20 heavy (non-hydrogen) atoms. The van der Waals surface area contributed by atoms with Crippen LogP contribution >= 0.6 is 0 Å². The maximum absolute atomic E-state index is 3.57. The van der Waals surface area contributed by atoms with Crippen LogP contribution in [0.15, 0.2) is 30.3 Å². The van der Waals surface area contributed by atoms with Gasteiger partial charge >= 0.3 is 0 Å². The van der Waals surface area contributed by atoms with Crippen LogP contribution in [0.4, 0.5) is 0 Å². The molecular weight excluding hydrogens is 244 g/mol. The number of hydrogen-bond acceptors (Lipinski definition) is 2. The topological polar surface area (TPSA) is 15.3 Å². The fraction of sp³-hybridized carbons (Fsp3) is 0.667. The lowest BCUT2D eigenvalue weighted by atomic mass is 9.78. The zero-order valence-electron chi connectivity index (χ0n) is 12.7. The van der Waals surface area contributed by atoms with Gasteiger partial charge in [0.2, 0.25) is 0 Å². The average Bonchev–Trinajstić information content (AvgIpc) is 2.56. The Morgan fingerprint density at radius 3 is 2.55 bits per heavy atom. The van der Waals surface area contributed by atoms with Crippen LogP contribution in [0.5, 0.6) is 0 Å². The number of benzene rings is 1. The fourth-order valence-electron chi connectivity index (χ4n) is 4.14. The average molecular weight is 272 g/mol. The third kappa shape index (κ3) is 3.07. The number of hydrogen-bond donors (Lipinski definition) is 1. The van der Waals surface area contributed by atoms with E-state index in [1.165, 1.54) is 51.6 Å². The lowest BCUT2D eigenvalue weighted by molar-refractivity contribution is 0.102. The summed E-state index contributed by atoms with van der Waals surface area (Å²) in [5.41, 5.74) is 1.55. The number of rotatable bonds is 3. The van der Waals surface area contributed by atoms with Crippen molar-refractivity contribution in [1.29, 1.82) is 0 Å². The van der Waals surface area contributed by atoms with Crippen molar-refractivity contribution in [3.63, 3.8) is 0 Å². The van der Waals surface area contributed by atoms with Crippen molar-refractivity contribution in [1.82, 2.24) is 10.2 Å². The Bertz CT molecular complexity index is 397. The first-order valence-electron chi connectivity index (χ1n) is 8.34. The summed E-state index contributed by atoms with van der Waals surface area (Å²) < 4.78 is 0. The third-order valence-corrected chi connectivity index (χ3v) is 5.33. The Kier molecular flexibility index (Phi) is 4.74. The van der Waals surface area contributed by atoms with Gasteiger partial charge in [0.1, 0.15) is 0 Å². The molecule has 1 saturated carbocycles. The molecule has 3 rings (SSSR count). The Hall–Kier alpha value is -0.860. The summed E-state index contributed by atoms with van der Waals surface area (Å²) in [7, 11) is 2.36. The van der Waals surface area contributed by atoms with Crippen LogP contribution in [0.25, 0.3) is 0 Å². The molecule has 2 aliphatic rings. The second kappa shape index (κ2) is 6.73. The zero-order chi connectivity index (χ0) is 13.8. The Balaban J connectivity index is 1.74. The van der Waals surface area contributed by atoms with Crippen molar-refractivity contribution in [2.75, 3.05) is 20.1 Å². The monoisotopic (exact) mass is 272 g/mol. The van der Waals surface area contributed by atoms with Gasteiger partial charge in [0.15, 0.2) is 0 Å². The molecule has 1 aromatic rings. The van der Waals surface area contributed by atoms with Gasteiger partial charge in [-0.2, -0.15) is 0 Å². The molecule has 110 valence electrons. The molecule has 0 radical (unpaired) electrons. The highest BCUT2D eigenvalue weighted by molar-refractivity contribution is 5.22. The van der Waals surface area contributed by atoms with Crippen LogP contribution in [0, 0.1) is 0 Å². The summed E-state index contributed by atoms with van der Waals surface area (Å²) in [5.74, 6) is 0.733. The van der Waals surface area contributed by atoms with E-state index in [0.717, 1.165) is 18.0 Å². The van der Waals surface area contributed by atoms with E-state index in [4.69, 9.17) is 0 Å². The molecule has 0 spiro atoms. The molecule has 1 N–H and O–H groups in total. The molecule has 0 bridgehead atoms. The minimum absolute atomic E-state index is 0.732.